The highest BCUT2D eigenvalue weighted by atomic mass is 19.1. The molecule has 10 heteroatoms. The van der Waals surface area contributed by atoms with E-state index in [0.29, 0.717) is 40.0 Å². The van der Waals surface area contributed by atoms with Crippen molar-refractivity contribution in [2.75, 3.05) is 61.2 Å². The molecule has 1 aromatic heterocycles. The van der Waals surface area contributed by atoms with Gasteiger partial charge in [-0.15, -0.1) is 0 Å². The van der Waals surface area contributed by atoms with E-state index in [0.717, 1.165) is 31.9 Å². The minimum absolute atomic E-state index is 0.297. The molecule has 2 aliphatic heterocycles. The summed E-state index contributed by atoms with van der Waals surface area (Å²) in [6.45, 7) is 3.93. The van der Waals surface area contributed by atoms with Crippen LogP contribution in [0.5, 0.6) is 5.75 Å². The third kappa shape index (κ3) is 4.24. The Morgan fingerprint density at radius 2 is 1.85 bits per heavy atom. The minimum atomic E-state index is -0.438. The second-order valence-corrected chi connectivity index (χ2v) is 8.02. The molecule has 0 bridgehead atoms. The van der Waals surface area contributed by atoms with E-state index in [4.69, 9.17) is 4.74 Å². The maximum atomic E-state index is 14.0. The molecule has 3 heterocycles. The molecular formula is C23H24FN7O2. The Morgan fingerprint density at radius 3 is 2.64 bits per heavy atom. The molecule has 5 rings (SSSR count). The minimum Gasteiger partial charge on any atom is -0.494 e. The number of ether oxygens (including phenoxy) is 1. The zero-order valence-corrected chi connectivity index (χ0v) is 18.4. The number of fused-ring (bicyclic) bond motifs is 3. The first-order valence-corrected chi connectivity index (χ1v) is 10.6. The Kier molecular flexibility index (Phi) is 5.43. The van der Waals surface area contributed by atoms with Crippen LogP contribution in [-0.4, -0.2) is 61.2 Å². The van der Waals surface area contributed by atoms with Crippen LogP contribution in [0.1, 0.15) is 0 Å². The number of rotatable bonds is 4. The van der Waals surface area contributed by atoms with E-state index in [9.17, 15) is 9.18 Å². The number of halogens is 1. The lowest BCUT2D eigenvalue weighted by Gasteiger charge is -2.34. The highest BCUT2D eigenvalue weighted by molar-refractivity contribution is 6.07. The lowest BCUT2D eigenvalue weighted by atomic mass is 10.1. The van der Waals surface area contributed by atoms with Gasteiger partial charge in [-0.1, -0.05) is 0 Å². The van der Waals surface area contributed by atoms with Gasteiger partial charge >= 0.3 is 6.03 Å². The van der Waals surface area contributed by atoms with Gasteiger partial charge in [0.05, 0.1) is 30.4 Å². The number of likely N-dealkylation sites (N-methyl/N-ethyl adjacent to an activating group) is 1. The smallest absolute Gasteiger partial charge is 0.323 e. The fourth-order valence-corrected chi connectivity index (χ4v) is 4.00. The number of aromatic nitrogens is 2. The molecule has 0 radical (unpaired) electrons. The topological polar surface area (TPSA) is 94.7 Å². The summed E-state index contributed by atoms with van der Waals surface area (Å²) >= 11 is 0. The van der Waals surface area contributed by atoms with Crippen molar-refractivity contribution in [2.24, 2.45) is 0 Å². The van der Waals surface area contributed by atoms with E-state index in [2.05, 4.69) is 42.8 Å². The van der Waals surface area contributed by atoms with Crippen LogP contribution in [0.3, 0.4) is 0 Å². The Labute approximate surface area is 190 Å². The molecule has 2 aliphatic rings. The van der Waals surface area contributed by atoms with Crippen molar-refractivity contribution in [3.05, 3.63) is 48.4 Å². The van der Waals surface area contributed by atoms with Gasteiger partial charge in [-0.25, -0.2) is 19.2 Å². The number of anilines is 5. The summed E-state index contributed by atoms with van der Waals surface area (Å²) in [6, 6.07) is 9.65. The number of nitrogens with one attached hydrogen (secondary N) is 3. The van der Waals surface area contributed by atoms with Crippen molar-refractivity contribution in [3.8, 4) is 17.0 Å². The number of benzene rings is 2. The monoisotopic (exact) mass is 449 g/mol. The van der Waals surface area contributed by atoms with Crippen LogP contribution in [0.15, 0.2) is 42.6 Å². The van der Waals surface area contributed by atoms with Crippen molar-refractivity contribution in [2.45, 2.75) is 0 Å². The van der Waals surface area contributed by atoms with E-state index in [1.165, 1.54) is 24.4 Å². The molecule has 9 nitrogen and oxygen atoms in total. The Hall–Kier alpha value is -3.92. The number of amides is 2. The van der Waals surface area contributed by atoms with Crippen molar-refractivity contribution >= 4 is 34.7 Å². The van der Waals surface area contributed by atoms with Gasteiger partial charge < -0.3 is 30.5 Å². The number of urea groups is 1. The highest BCUT2D eigenvalue weighted by Gasteiger charge is 2.22. The van der Waals surface area contributed by atoms with E-state index in [1.807, 2.05) is 18.2 Å². The van der Waals surface area contributed by atoms with Gasteiger partial charge in [-0.2, -0.15) is 0 Å². The van der Waals surface area contributed by atoms with Crippen LogP contribution in [0, 0.1) is 5.82 Å². The second kappa shape index (κ2) is 8.55. The van der Waals surface area contributed by atoms with E-state index in [1.54, 1.807) is 7.11 Å². The fraction of sp³-hybridized carbons (Fsp3) is 0.261. The van der Waals surface area contributed by atoms with Crippen LogP contribution in [0.4, 0.5) is 37.9 Å². The van der Waals surface area contributed by atoms with Crippen LogP contribution >= 0.6 is 0 Å². The highest BCUT2D eigenvalue weighted by Crippen LogP contribution is 2.37. The summed E-state index contributed by atoms with van der Waals surface area (Å²) in [6.07, 6.45) is 1.50. The first-order valence-electron chi connectivity index (χ1n) is 10.6. The third-order valence-corrected chi connectivity index (χ3v) is 5.82. The van der Waals surface area contributed by atoms with Crippen molar-refractivity contribution in [1.82, 2.24) is 14.9 Å². The molecular weight excluding hydrogens is 425 g/mol. The molecule has 0 unspecified atom stereocenters. The number of hydrogen-bond donors (Lipinski definition) is 3. The number of carbonyl (C=O) groups is 1. The molecule has 0 spiro atoms. The number of methoxy groups -OCH3 is 1. The summed E-state index contributed by atoms with van der Waals surface area (Å²) < 4.78 is 19.6. The standard InChI is InChI=1S/C23H24FN7O2/c1-30-7-9-31(10-8-30)15-4-6-18(20(12-15)33-2)26-22-25-13-19-21(29-22)16-11-14(24)3-5-17(16)27-23(32)28-19/h3-6,11-13H,7-10H2,1-2H3,(H,25,26,29)(H2,27,28,32). The van der Waals surface area contributed by atoms with Crippen molar-refractivity contribution < 1.29 is 13.9 Å². The average Bonchev–Trinajstić information content (AvgIpc) is 2.95. The second-order valence-electron chi connectivity index (χ2n) is 8.02. The SMILES string of the molecule is COc1cc(N2CCN(C)CC2)ccc1Nc1ncc2c(n1)-c1cc(F)ccc1NC(=O)N2. The fourth-order valence-electron chi connectivity index (χ4n) is 4.00. The molecule has 0 atom stereocenters. The summed E-state index contributed by atoms with van der Waals surface area (Å²) in [5, 5.41) is 8.57. The summed E-state index contributed by atoms with van der Waals surface area (Å²) in [5.74, 6) is 0.530. The first-order chi connectivity index (χ1) is 16.0. The summed E-state index contributed by atoms with van der Waals surface area (Å²) in [7, 11) is 3.74. The van der Waals surface area contributed by atoms with E-state index >= 15 is 0 Å². The Balaban J connectivity index is 1.46. The number of carbonyl (C=O) groups excluding carboxylic acids is 1. The molecule has 0 aliphatic carbocycles. The van der Waals surface area contributed by atoms with E-state index < -0.39 is 11.8 Å². The maximum Gasteiger partial charge on any atom is 0.323 e. The van der Waals surface area contributed by atoms with Crippen molar-refractivity contribution in [1.29, 1.82) is 0 Å². The maximum absolute atomic E-state index is 14.0. The largest absolute Gasteiger partial charge is 0.494 e. The van der Waals surface area contributed by atoms with Gasteiger partial charge in [0.25, 0.3) is 0 Å². The van der Waals surface area contributed by atoms with Gasteiger partial charge in [0, 0.05) is 43.5 Å². The molecule has 2 amide bonds. The molecule has 1 fully saturated rings. The third-order valence-electron chi connectivity index (χ3n) is 5.82. The number of hydrogen-bond acceptors (Lipinski definition) is 7. The van der Waals surface area contributed by atoms with Gasteiger partial charge in [0.1, 0.15) is 17.3 Å². The summed E-state index contributed by atoms with van der Waals surface area (Å²) in [4.78, 5) is 25.6. The Morgan fingerprint density at radius 1 is 1.06 bits per heavy atom. The number of nitrogens with zero attached hydrogens (tertiary/aromatic N) is 4. The quantitative estimate of drug-likeness (QED) is 0.559. The van der Waals surface area contributed by atoms with Crippen LogP contribution in [0.25, 0.3) is 11.3 Å². The molecule has 2 aromatic carbocycles. The zero-order chi connectivity index (χ0) is 22.9. The lowest BCUT2D eigenvalue weighted by Crippen LogP contribution is -2.44. The first kappa shape index (κ1) is 21.0. The Bertz CT molecular complexity index is 1210. The molecule has 0 saturated carbocycles. The molecule has 3 aromatic rings. The van der Waals surface area contributed by atoms with Crippen LogP contribution in [0.2, 0.25) is 0 Å². The van der Waals surface area contributed by atoms with Gasteiger partial charge in [0.2, 0.25) is 5.95 Å². The zero-order valence-electron chi connectivity index (χ0n) is 18.4. The predicted molar refractivity (Wildman–Crippen MR) is 126 cm³/mol. The van der Waals surface area contributed by atoms with Crippen molar-refractivity contribution in [3.63, 3.8) is 0 Å². The molecule has 170 valence electrons. The van der Waals surface area contributed by atoms with Gasteiger partial charge in [-0.3, -0.25) is 0 Å². The average molecular weight is 449 g/mol. The number of piperazine rings is 1. The summed E-state index contributed by atoms with van der Waals surface area (Å²) in [5.41, 5.74) is 3.52. The molecule has 33 heavy (non-hydrogen) atoms. The van der Waals surface area contributed by atoms with Crippen LogP contribution < -0.4 is 25.6 Å². The van der Waals surface area contributed by atoms with Gasteiger partial charge in [-0.05, 0) is 37.4 Å². The van der Waals surface area contributed by atoms with Crippen LogP contribution in [-0.2, 0) is 0 Å². The van der Waals surface area contributed by atoms with Gasteiger partial charge in [0.15, 0.2) is 0 Å². The normalized spacial score (nSPS) is 15.6. The molecule has 1 saturated heterocycles. The predicted octanol–water partition coefficient (Wildman–Crippen LogP) is 3.74. The van der Waals surface area contributed by atoms with E-state index in [-0.39, 0.29) is 0 Å². The lowest BCUT2D eigenvalue weighted by molar-refractivity contribution is 0.262. The molecule has 3 N–H and O–H groups in total.